The van der Waals surface area contributed by atoms with Crippen molar-refractivity contribution in [2.45, 2.75) is 52.4 Å². The van der Waals surface area contributed by atoms with Crippen molar-refractivity contribution in [1.82, 2.24) is 15.1 Å². The number of nitrogens with zero attached hydrogens (tertiary/aromatic N) is 2. The van der Waals surface area contributed by atoms with E-state index in [1.165, 1.54) is 0 Å². The highest BCUT2D eigenvalue weighted by molar-refractivity contribution is 5.76. The average molecular weight is 339 g/mol. The molecule has 0 aliphatic carbocycles. The van der Waals surface area contributed by atoms with Gasteiger partial charge in [0.1, 0.15) is 6.10 Å². The summed E-state index contributed by atoms with van der Waals surface area (Å²) in [5.41, 5.74) is 3.26. The monoisotopic (exact) mass is 339 g/mol. The molecule has 3 atom stereocenters. The van der Waals surface area contributed by atoms with Crippen molar-refractivity contribution >= 4 is 5.91 Å². The van der Waals surface area contributed by atoms with Crippen molar-refractivity contribution in [3.8, 4) is 0 Å². The first-order chi connectivity index (χ1) is 11.5. The predicted molar refractivity (Wildman–Crippen MR) is 89.8 cm³/mol. The van der Waals surface area contributed by atoms with Crippen LogP contribution in [-0.2, 0) is 27.2 Å². The third-order valence-electron chi connectivity index (χ3n) is 4.78. The van der Waals surface area contributed by atoms with E-state index in [4.69, 9.17) is 9.47 Å². The number of nitrogens with one attached hydrogen (secondary N) is 1. The summed E-state index contributed by atoms with van der Waals surface area (Å²) >= 11 is 0. The van der Waals surface area contributed by atoms with Crippen LogP contribution in [0.15, 0.2) is 0 Å². The molecule has 1 amide bonds. The largest absolute Gasteiger partial charge is 0.390 e. The highest BCUT2D eigenvalue weighted by atomic mass is 16.5. The van der Waals surface area contributed by atoms with E-state index in [-0.39, 0.29) is 17.9 Å². The van der Waals surface area contributed by atoms with Crippen LogP contribution in [-0.4, -0.2) is 59.9 Å². The van der Waals surface area contributed by atoms with E-state index in [9.17, 15) is 9.90 Å². The molecule has 7 nitrogen and oxygen atoms in total. The number of aryl methyl sites for hydroxylation is 2. The molecule has 0 saturated carbocycles. The Morgan fingerprint density at radius 1 is 1.46 bits per heavy atom. The normalized spacial score (nSPS) is 24.1. The smallest absolute Gasteiger partial charge is 0.220 e. The van der Waals surface area contributed by atoms with Crippen molar-refractivity contribution in [2.24, 2.45) is 5.92 Å². The maximum Gasteiger partial charge on any atom is 0.220 e. The van der Waals surface area contributed by atoms with E-state index in [1.54, 1.807) is 7.11 Å². The van der Waals surface area contributed by atoms with Gasteiger partial charge >= 0.3 is 0 Å². The summed E-state index contributed by atoms with van der Waals surface area (Å²) in [4.78, 5) is 12.1. The lowest BCUT2D eigenvalue weighted by Crippen LogP contribution is -2.49. The number of amides is 1. The van der Waals surface area contributed by atoms with Gasteiger partial charge in [-0.1, -0.05) is 0 Å². The van der Waals surface area contributed by atoms with Crippen LogP contribution < -0.4 is 5.32 Å². The SMILES string of the molecule is CCn1nc(C)c(CCC(=O)NC[C@@H]2COC[C@@H](OC)[C@H]2O)c1C. The third-order valence-corrected chi connectivity index (χ3v) is 4.78. The molecule has 1 saturated heterocycles. The van der Waals surface area contributed by atoms with E-state index in [0.717, 1.165) is 23.5 Å². The lowest BCUT2D eigenvalue weighted by atomic mass is 9.96. The molecular weight excluding hydrogens is 310 g/mol. The molecule has 0 bridgehead atoms. The van der Waals surface area contributed by atoms with Gasteiger partial charge in [-0.15, -0.1) is 0 Å². The zero-order valence-electron chi connectivity index (χ0n) is 15.0. The van der Waals surface area contributed by atoms with Gasteiger partial charge in [0.25, 0.3) is 0 Å². The van der Waals surface area contributed by atoms with E-state index in [1.807, 2.05) is 18.5 Å². The van der Waals surface area contributed by atoms with Gasteiger partial charge in [-0.25, -0.2) is 0 Å². The Morgan fingerprint density at radius 2 is 2.21 bits per heavy atom. The number of methoxy groups -OCH3 is 1. The molecule has 2 rings (SSSR count). The summed E-state index contributed by atoms with van der Waals surface area (Å²) in [5.74, 6) is -0.163. The van der Waals surface area contributed by atoms with E-state index in [2.05, 4.69) is 17.3 Å². The van der Waals surface area contributed by atoms with Crippen LogP contribution in [0.4, 0.5) is 0 Å². The summed E-state index contributed by atoms with van der Waals surface area (Å²) in [6, 6.07) is 0. The maximum atomic E-state index is 12.1. The number of carbonyl (C=O) groups is 1. The van der Waals surface area contributed by atoms with Gasteiger partial charge in [-0.05, 0) is 32.8 Å². The summed E-state index contributed by atoms with van der Waals surface area (Å²) in [7, 11) is 1.55. The Morgan fingerprint density at radius 3 is 2.83 bits per heavy atom. The highest BCUT2D eigenvalue weighted by Crippen LogP contribution is 2.17. The number of hydrogen-bond acceptors (Lipinski definition) is 5. The van der Waals surface area contributed by atoms with Crippen molar-refractivity contribution in [1.29, 1.82) is 0 Å². The molecule has 7 heteroatoms. The second kappa shape index (κ2) is 8.60. The van der Waals surface area contributed by atoms with Gasteiger partial charge < -0.3 is 19.9 Å². The minimum atomic E-state index is -0.615. The van der Waals surface area contributed by atoms with Crippen molar-refractivity contribution in [3.05, 3.63) is 17.0 Å². The maximum absolute atomic E-state index is 12.1. The van der Waals surface area contributed by atoms with Crippen LogP contribution in [0.2, 0.25) is 0 Å². The van der Waals surface area contributed by atoms with Gasteiger partial charge in [0.05, 0.1) is 25.0 Å². The first kappa shape index (κ1) is 18.9. The fourth-order valence-corrected chi connectivity index (χ4v) is 3.20. The van der Waals surface area contributed by atoms with Gasteiger partial charge in [-0.3, -0.25) is 9.48 Å². The van der Waals surface area contributed by atoms with Crippen LogP contribution in [0.5, 0.6) is 0 Å². The van der Waals surface area contributed by atoms with Crippen LogP contribution in [0.25, 0.3) is 0 Å². The first-order valence-electron chi connectivity index (χ1n) is 8.56. The fraction of sp³-hybridized carbons (Fsp3) is 0.765. The minimum Gasteiger partial charge on any atom is -0.390 e. The van der Waals surface area contributed by atoms with Gasteiger partial charge in [0.15, 0.2) is 0 Å². The van der Waals surface area contributed by atoms with Gasteiger partial charge in [-0.2, -0.15) is 5.10 Å². The minimum absolute atomic E-state index is 0.0233. The lowest BCUT2D eigenvalue weighted by Gasteiger charge is -2.33. The highest BCUT2D eigenvalue weighted by Gasteiger charge is 2.32. The molecule has 1 aliphatic heterocycles. The Balaban J connectivity index is 1.81. The molecule has 1 aliphatic rings. The number of ether oxygens (including phenoxy) is 2. The van der Waals surface area contributed by atoms with E-state index >= 15 is 0 Å². The number of hydrogen-bond donors (Lipinski definition) is 2. The first-order valence-corrected chi connectivity index (χ1v) is 8.56. The number of rotatable bonds is 7. The molecule has 24 heavy (non-hydrogen) atoms. The molecule has 2 N–H and O–H groups in total. The third kappa shape index (κ3) is 4.34. The van der Waals surface area contributed by atoms with Crippen LogP contribution in [0.1, 0.15) is 30.3 Å². The van der Waals surface area contributed by atoms with Crippen LogP contribution in [0.3, 0.4) is 0 Å². The summed E-state index contributed by atoms with van der Waals surface area (Å²) in [6.07, 6.45) is 0.143. The summed E-state index contributed by atoms with van der Waals surface area (Å²) in [6.45, 7) is 8.13. The molecule has 0 radical (unpaired) electrons. The van der Waals surface area contributed by atoms with Crippen molar-refractivity contribution in [2.75, 3.05) is 26.9 Å². The average Bonchev–Trinajstić information content (AvgIpc) is 2.85. The number of aliphatic hydroxyl groups excluding tert-OH is 1. The topological polar surface area (TPSA) is 85.6 Å². The van der Waals surface area contributed by atoms with E-state index < -0.39 is 6.10 Å². The summed E-state index contributed by atoms with van der Waals surface area (Å²) < 4.78 is 12.6. The Kier molecular flexibility index (Phi) is 6.77. The number of aliphatic hydroxyl groups is 1. The molecule has 0 aromatic carbocycles. The van der Waals surface area contributed by atoms with Crippen molar-refractivity contribution in [3.63, 3.8) is 0 Å². The standard InChI is InChI=1S/C17H29N3O4/c1-5-20-12(3)14(11(2)19-20)6-7-16(21)18-8-13-9-24-10-15(23-4)17(13)22/h13,15,17,22H,5-10H2,1-4H3,(H,18,21)/t13-,15-,17+/m1/s1. The fourth-order valence-electron chi connectivity index (χ4n) is 3.20. The molecular formula is C17H29N3O4. The number of carbonyl (C=O) groups excluding carboxylic acids is 1. The molecule has 1 aromatic rings. The van der Waals surface area contributed by atoms with Crippen molar-refractivity contribution < 1.29 is 19.4 Å². The summed E-state index contributed by atoms with van der Waals surface area (Å²) in [5, 5.41) is 17.6. The molecule has 136 valence electrons. The Labute approximate surface area is 143 Å². The van der Waals surface area contributed by atoms with Crippen LogP contribution >= 0.6 is 0 Å². The predicted octanol–water partition coefficient (Wildman–Crippen LogP) is 0.591. The van der Waals surface area contributed by atoms with Crippen LogP contribution in [0, 0.1) is 19.8 Å². The van der Waals surface area contributed by atoms with Gasteiger partial charge in [0, 0.05) is 38.2 Å². The second-order valence-corrected chi connectivity index (χ2v) is 6.33. The second-order valence-electron chi connectivity index (χ2n) is 6.33. The Bertz CT molecular complexity index is 558. The quantitative estimate of drug-likeness (QED) is 0.759. The van der Waals surface area contributed by atoms with Gasteiger partial charge in [0.2, 0.25) is 5.91 Å². The zero-order valence-corrected chi connectivity index (χ0v) is 15.0. The molecule has 1 fully saturated rings. The molecule has 1 aromatic heterocycles. The zero-order chi connectivity index (χ0) is 17.7. The molecule has 0 spiro atoms. The van der Waals surface area contributed by atoms with E-state index in [0.29, 0.717) is 32.6 Å². The molecule has 2 heterocycles. The molecule has 0 unspecified atom stereocenters. The number of aromatic nitrogens is 2. The Hall–Kier alpha value is -1.44. The lowest BCUT2D eigenvalue weighted by molar-refractivity contribution is -0.136.